The molecule has 0 unspecified atom stereocenters. The van der Waals surface area contributed by atoms with E-state index in [0.29, 0.717) is 31.1 Å². The number of unbranched alkanes of at least 4 members (excludes halogenated alkanes) is 5. The van der Waals surface area contributed by atoms with Gasteiger partial charge in [-0.15, -0.1) is 0 Å². The van der Waals surface area contributed by atoms with Crippen molar-refractivity contribution in [3.8, 4) is 0 Å². The third kappa shape index (κ3) is 10.3. The molecule has 2 bridgehead atoms. The van der Waals surface area contributed by atoms with Gasteiger partial charge in [-0.05, 0) is 44.9 Å². The normalized spacial score (nSPS) is 34.7. The van der Waals surface area contributed by atoms with Crippen molar-refractivity contribution in [2.24, 2.45) is 5.92 Å². The topological polar surface area (TPSA) is 73.9 Å². The molecule has 0 aliphatic carbocycles. The maximum Gasteiger partial charge on any atom is 0.330 e. The molecule has 0 saturated carbocycles. The van der Waals surface area contributed by atoms with Gasteiger partial charge >= 0.3 is 5.97 Å². The van der Waals surface area contributed by atoms with Gasteiger partial charge in [0, 0.05) is 24.7 Å². The maximum atomic E-state index is 12.8. The number of hydrogen-bond acceptors (Lipinski definition) is 6. The summed E-state index contributed by atoms with van der Waals surface area (Å²) < 4.78 is 19.3. The standard InChI is InChI=1S/C30H47NO5S/c1-4-5-6-7-10-13-18-34-30(27-22-37-29(33)31-27)21-26-20-25(36-30)17-16-23(2)14-11-8-9-12-15-24(3)19-28(32)35-26/h8-9,11,14,19,23,25-27H,4-7,10,12-13,15-18,20-22H2,1-3H3,(H,31,33)/b9-8+,14-11-,24-19-/t23-,25+,26+,27-,30+/m0/s1. The molecule has 3 rings (SSSR count). The van der Waals surface area contributed by atoms with Gasteiger partial charge in [-0.3, -0.25) is 4.79 Å². The Labute approximate surface area is 228 Å². The number of fused-ring (bicyclic) bond motifs is 2. The van der Waals surface area contributed by atoms with Crippen LogP contribution in [-0.4, -0.2) is 47.6 Å². The van der Waals surface area contributed by atoms with Crippen molar-refractivity contribution in [2.45, 2.75) is 122 Å². The first-order valence-electron chi connectivity index (χ1n) is 14.4. The van der Waals surface area contributed by atoms with E-state index in [1.165, 1.54) is 37.4 Å². The van der Waals surface area contributed by atoms with Crippen LogP contribution in [0.1, 0.15) is 97.8 Å². The van der Waals surface area contributed by atoms with Crippen LogP contribution in [0.3, 0.4) is 0 Å². The Kier molecular flexibility index (Phi) is 12.8. The summed E-state index contributed by atoms with van der Waals surface area (Å²) in [5, 5.41) is 3.02. The van der Waals surface area contributed by atoms with Crippen molar-refractivity contribution >= 4 is 23.0 Å². The number of thioether (sulfide) groups is 1. The largest absolute Gasteiger partial charge is 0.459 e. The Morgan fingerprint density at radius 3 is 2.70 bits per heavy atom. The number of carbonyl (C=O) groups excluding carboxylic acids is 2. The van der Waals surface area contributed by atoms with Gasteiger partial charge in [0.15, 0.2) is 5.79 Å². The smallest absolute Gasteiger partial charge is 0.330 e. The first-order chi connectivity index (χ1) is 17.9. The van der Waals surface area contributed by atoms with Crippen LogP contribution in [0.15, 0.2) is 36.0 Å². The molecule has 0 aromatic heterocycles. The van der Waals surface area contributed by atoms with E-state index in [0.717, 1.165) is 44.1 Å². The number of carbonyl (C=O) groups is 2. The van der Waals surface area contributed by atoms with Crippen molar-refractivity contribution in [3.05, 3.63) is 36.0 Å². The minimum atomic E-state index is -0.984. The Bertz CT molecular complexity index is 825. The van der Waals surface area contributed by atoms with Crippen molar-refractivity contribution < 1.29 is 23.8 Å². The van der Waals surface area contributed by atoms with Crippen LogP contribution in [0.4, 0.5) is 4.79 Å². The molecule has 7 heteroatoms. The van der Waals surface area contributed by atoms with E-state index in [9.17, 15) is 9.59 Å². The quantitative estimate of drug-likeness (QED) is 0.249. The minimum Gasteiger partial charge on any atom is -0.459 e. The zero-order valence-electron chi connectivity index (χ0n) is 23.0. The maximum absolute atomic E-state index is 12.8. The van der Waals surface area contributed by atoms with Crippen LogP contribution < -0.4 is 5.32 Å². The lowest BCUT2D eigenvalue weighted by Gasteiger charge is -2.46. The average molecular weight is 534 g/mol. The van der Waals surface area contributed by atoms with Crippen molar-refractivity contribution in [1.82, 2.24) is 5.32 Å². The van der Waals surface area contributed by atoms with Gasteiger partial charge in [-0.2, -0.15) is 0 Å². The summed E-state index contributed by atoms with van der Waals surface area (Å²) in [6.07, 6.45) is 21.4. The zero-order chi connectivity index (χ0) is 26.5. The molecule has 1 amide bonds. The Balaban J connectivity index is 1.77. The van der Waals surface area contributed by atoms with E-state index < -0.39 is 5.79 Å². The molecule has 1 N–H and O–H groups in total. The summed E-state index contributed by atoms with van der Waals surface area (Å²) in [5.74, 6) is -0.289. The fourth-order valence-electron chi connectivity index (χ4n) is 5.26. The Morgan fingerprint density at radius 2 is 1.92 bits per heavy atom. The number of esters is 1. The summed E-state index contributed by atoms with van der Waals surface area (Å²) in [5.41, 5.74) is 1.01. The number of allylic oxidation sites excluding steroid dienone is 5. The van der Waals surface area contributed by atoms with Crippen LogP contribution in [0.2, 0.25) is 0 Å². The van der Waals surface area contributed by atoms with Crippen LogP contribution in [0, 0.1) is 5.92 Å². The first kappa shape index (κ1) is 30.0. The number of nitrogens with one attached hydrogen (secondary N) is 1. The van der Waals surface area contributed by atoms with Gasteiger partial charge in [-0.1, -0.05) is 87.6 Å². The van der Waals surface area contributed by atoms with Gasteiger partial charge in [0.05, 0.1) is 18.8 Å². The lowest BCUT2D eigenvalue weighted by molar-refractivity contribution is -0.306. The molecule has 6 nitrogen and oxygen atoms in total. The summed E-state index contributed by atoms with van der Waals surface area (Å²) in [4.78, 5) is 25.0. The lowest BCUT2D eigenvalue weighted by atomic mass is 9.90. The molecule has 3 heterocycles. The molecule has 0 aromatic carbocycles. The van der Waals surface area contributed by atoms with E-state index >= 15 is 0 Å². The molecule has 37 heavy (non-hydrogen) atoms. The number of rotatable bonds is 9. The van der Waals surface area contributed by atoms with Crippen LogP contribution in [-0.2, 0) is 19.0 Å². The predicted molar refractivity (Wildman–Crippen MR) is 150 cm³/mol. The molecule has 0 spiro atoms. The molecule has 2 fully saturated rings. The molecule has 3 aliphatic heterocycles. The summed E-state index contributed by atoms with van der Waals surface area (Å²) in [6, 6.07) is -0.264. The number of amides is 1. The SMILES string of the molecule is CCCCCCCCO[C@]1([C@@H]2CSC(=O)N2)C[C@H]2C[C@@H](CC[C@@H](C)/C=C\C=C\CC/C(C)=C\C(=O)O2)O1. The Hall–Kier alpha value is -1.57. The van der Waals surface area contributed by atoms with Crippen LogP contribution in [0.25, 0.3) is 0 Å². The molecule has 5 atom stereocenters. The van der Waals surface area contributed by atoms with E-state index in [2.05, 4.69) is 43.5 Å². The van der Waals surface area contributed by atoms with E-state index in [-0.39, 0.29) is 29.5 Å². The summed E-state index contributed by atoms with van der Waals surface area (Å²) in [6.45, 7) is 6.99. The van der Waals surface area contributed by atoms with Crippen molar-refractivity contribution in [3.63, 3.8) is 0 Å². The molecule has 0 aromatic rings. The van der Waals surface area contributed by atoms with Crippen molar-refractivity contribution in [2.75, 3.05) is 12.4 Å². The molecular weight excluding hydrogens is 486 g/mol. The highest BCUT2D eigenvalue weighted by molar-refractivity contribution is 8.14. The molecular formula is C30H47NO5S. The van der Waals surface area contributed by atoms with Crippen molar-refractivity contribution in [1.29, 1.82) is 0 Å². The third-order valence-corrected chi connectivity index (χ3v) is 8.32. The highest BCUT2D eigenvalue weighted by atomic mass is 32.2. The summed E-state index contributed by atoms with van der Waals surface area (Å²) in [7, 11) is 0. The van der Waals surface area contributed by atoms with E-state index in [4.69, 9.17) is 14.2 Å². The van der Waals surface area contributed by atoms with Gasteiger partial charge in [0.2, 0.25) is 0 Å². The van der Waals surface area contributed by atoms with Gasteiger partial charge in [0.25, 0.3) is 5.24 Å². The highest BCUT2D eigenvalue weighted by Gasteiger charge is 2.51. The second-order valence-electron chi connectivity index (χ2n) is 10.9. The molecule has 2 saturated heterocycles. The molecule has 0 radical (unpaired) electrons. The van der Waals surface area contributed by atoms with Crippen LogP contribution in [0.5, 0.6) is 0 Å². The lowest BCUT2D eigenvalue weighted by Crippen LogP contribution is -2.60. The minimum absolute atomic E-state index is 0.0494. The number of ether oxygens (including phenoxy) is 3. The van der Waals surface area contributed by atoms with Gasteiger partial charge in [0.1, 0.15) is 6.10 Å². The average Bonchev–Trinajstić information content (AvgIpc) is 3.30. The molecule has 3 aliphatic rings. The van der Waals surface area contributed by atoms with Gasteiger partial charge in [-0.25, -0.2) is 4.79 Å². The molecule has 208 valence electrons. The van der Waals surface area contributed by atoms with E-state index in [1.807, 2.05) is 6.92 Å². The summed E-state index contributed by atoms with van der Waals surface area (Å²) >= 11 is 1.27. The third-order valence-electron chi connectivity index (χ3n) is 7.44. The number of hydrogen-bond donors (Lipinski definition) is 1. The predicted octanol–water partition coefficient (Wildman–Crippen LogP) is 7.24. The van der Waals surface area contributed by atoms with E-state index in [1.54, 1.807) is 6.08 Å². The monoisotopic (exact) mass is 533 g/mol. The second-order valence-corrected chi connectivity index (χ2v) is 11.9. The fourth-order valence-corrected chi connectivity index (χ4v) is 6.14. The first-order valence-corrected chi connectivity index (χ1v) is 15.3. The Morgan fingerprint density at radius 1 is 1.11 bits per heavy atom. The highest BCUT2D eigenvalue weighted by Crippen LogP contribution is 2.39. The second kappa shape index (κ2) is 15.7. The van der Waals surface area contributed by atoms with Crippen LogP contribution >= 0.6 is 11.8 Å². The fraction of sp³-hybridized carbons (Fsp3) is 0.733. The zero-order valence-corrected chi connectivity index (χ0v) is 23.9. The van der Waals surface area contributed by atoms with Gasteiger partial charge < -0.3 is 19.5 Å².